The minimum atomic E-state index is -0.573. The maximum Gasteiger partial charge on any atom is 0.357 e. The number of benzene rings is 6. The van der Waals surface area contributed by atoms with Crippen molar-refractivity contribution in [3.05, 3.63) is 279 Å². The summed E-state index contributed by atoms with van der Waals surface area (Å²) in [6.45, 7) is 11.6. The second kappa shape index (κ2) is 47.0. The summed E-state index contributed by atoms with van der Waals surface area (Å²) < 4.78 is 16.0. The number of esters is 2. The van der Waals surface area contributed by atoms with Gasteiger partial charge in [0.25, 0.3) is 33.7 Å². The van der Waals surface area contributed by atoms with E-state index in [2.05, 4.69) is 193 Å². The molecule has 0 unspecified atom stereocenters. The summed E-state index contributed by atoms with van der Waals surface area (Å²) in [6.07, 6.45) is 6.84. The highest BCUT2D eigenvalue weighted by molar-refractivity contribution is 8.00. The van der Waals surface area contributed by atoms with E-state index in [0.29, 0.717) is 141 Å². The van der Waals surface area contributed by atoms with Crippen molar-refractivity contribution >= 4 is 189 Å². The molecule has 21 aromatic rings. The van der Waals surface area contributed by atoms with Gasteiger partial charge >= 0.3 is 11.9 Å². The number of anilines is 10. The first-order chi connectivity index (χ1) is 72.7. The van der Waals surface area contributed by atoms with Crippen LogP contribution >= 0.6 is 58.8 Å². The molecule has 0 spiro atoms. The van der Waals surface area contributed by atoms with Crippen molar-refractivity contribution in [1.82, 2.24) is 162 Å². The third-order valence-corrected chi connectivity index (χ3v) is 26.2. The Bertz CT molecular complexity index is 8550. The van der Waals surface area contributed by atoms with Gasteiger partial charge in [-0.3, -0.25) is 105 Å². The molecule has 1 saturated carbocycles. The summed E-state index contributed by atoms with van der Waals surface area (Å²) >= 11 is 6.64. The summed E-state index contributed by atoms with van der Waals surface area (Å²) in [6, 6.07) is 52.7. The highest BCUT2D eigenvalue weighted by Crippen LogP contribution is 2.41. The first kappa shape index (κ1) is 102. The molecule has 0 atom stereocenters. The molecule has 1 fully saturated rings. The van der Waals surface area contributed by atoms with E-state index in [4.69, 9.17) is 24.2 Å². The minimum Gasteiger partial charge on any atom is -0.494 e. The lowest BCUT2D eigenvalue weighted by Crippen LogP contribution is -2.20. The minimum absolute atomic E-state index is 0.117. The lowest BCUT2D eigenvalue weighted by molar-refractivity contribution is 0.0490. The summed E-state index contributed by atoms with van der Waals surface area (Å²) in [7, 11) is 6.94. The summed E-state index contributed by atoms with van der Waals surface area (Å²) in [4.78, 5) is 146. The van der Waals surface area contributed by atoms with Crippen LogP contribution in [0, 0.1) is 27.7 Å². The monoisotopic (exact) mass is 2110 g/mol. The standard InChI is InChI=1S/C26H28N8O2S.C20H21N7O3S.C17H16N8O2S.C17H15N7O3S.C17H15N7OS/c1-16-13-24(32-30-16)28-23-15-21(17-5-7-18(8-6-17)36-12-4-11-34(2)3)27-26(29-23)37-19-9-10-20-22(14-19)31-33-25(20)35;1-3-4-7-30-19(29)15-10-16(22-17-8-11(2)24-26-17)23-20(21-15)31-12-5-6-13-14(9-12)25-27-18(13)28;1-8-5-14(24-22-8)20-13-7-12(16(27)18-2)19-17(21-13)28-9-3-4-10-11(6-9)23-25-15(10)26;1-8-5-14(23-21-8)19-13-7-12(16(26)27-2)18-17(20-13)28-9-3-4-10-11(6-9)22-24-15(10)25;25-16-11-4-3-10(7-13(11)22-24-16)26-17-18-6-5-14(20-17)19-15-8-12(21-23-15)9-1-2-9/h5-10,13-15H,4,11-12H2,1-3H3,(H2,31,33,35)(H2,27,28,29,30,32);5-6,8-10H,3-4,7H2,1-2H3,(H2,25,27,28)(H2,21,22,23,24,26);3-7H,1-2H3,(H,18,27)(H2,23,25,26)(H2,19,20,21,22,24);3-7H,1-2H3,(H2,22,24,25)(H2,18,19,20,21,23);3-9H,1-2H2,(H2,22,24,25)(H2,18,19,20,21,23). The molecule has 0 aliphatic heterocycles. The van der Waals surface area contributed by atoms with E-state index in [1.54, 1.807) is 66.9 Å². The predicted molar refractivity (Wildman–Crippen MR) is 570 cm³/mol. The van der Waals surface area contributed by atoms with Crippen molar-refractivity contribution in [2.45, 2.75) is 123 Å². The fourth-order valence-corrected chi connectivity index (χ4v) is 18.5. The van der Waals surface area contributed by atoms with Crippen LogP contribution in [0.1, 0.15) is 105 Å². The molecule has 1 aliphatic carbocycles. The third kappa shape index (κ3) is 26.8. The number of nitrogens with one attached hydrogen (secondary N) is 21. The summed E-state index contributed by atoms with van der Waals surface area (Å²) in [5.74, 6) is 5.78. The fraction of sp³-hybridized carbons (Fsp3) is 0.186. The van der Waals surface area contributed by atoms with Gasteiger partial charge in [-0.15, -0.1) is 0 Å². The van der Waals surface area contributed by atoms with Crippen LogP contribution in [0.3, 0.4) is 0 Å². The SMILES string of the molecule is CCCCOC(=O)c1cc(Nc2cc(C)[nH]n2)nc(Sc2ccc3c(=O)[nH][nH]c3c2)n1.CNC(=O)c1cc(Nc2cc(C)[nH]n2)nc(Sc2ccc3c(=O)[nH][nH]c3c2)n1.COC(=O)c1cc(Nc2cc(C)[nH]n2)nc(Sc2ccc3c(=O)[nH][nH]c3c2)n1.Cc1cc(Nc2cc(-c3ccc(OCCCN(C)C)cc3)nc(Sc3ccc4c(=O)[nH][nH]c4c3)n2)n[nH]1.O=c1[nH][nH]c2cc(Sc3nccc(Nc4cc(C5CC5)[nH]n4)n3)ccc12. The smallest absolute Gasteiger partial charge is 0.357 e. The average molecular weight is 2120 g/mol. The van der Waals surface area contributed by atoms with Gasteiger partial charge in [0, 0.05) is 139 Å². The van der Waals surface area contributed by atoms with Crippen LogP contribution < -0.4 is 64.4 Å². The number of fused-ring (bicyclic) bond motifs is 5. The molecule has 0 saturated heterocycles. The Kier molecular flexibility index (Phi) is 32.0. The Morgan fingerprint density at radius 1 is 0.373 bits per heavy atom. The van der Waals surface area contributed by atoms with Crippen molar-refractivity contribution in [2.24, 2.45) is 0 Å². The van der Waals surface area contributed by atoms with E-state index in [-0.39, 0.29) is 50.8 Å². The Morgan fingerprint density at radius 2 is 0.733 bits per heavy atom. The molecule has 1 amide bonds. The second-order valence-corrected chi connectivity index (χ2v) is 39.0. The number of hydrogen-bond donors (Lipinski definition) is 21. The van der Waals surface area contributed by atoms with E-state index in [9.17, 15) is 38.4 Å². The van der Waals surface area contributed by atoms with Gasteiger partial charge in [-0.2, -0.15) is 25.5 Å². The van der Waals surface area contributed by atoms with E-state index in [1.165, 1.54) is 104 Å². The van der Waals surface area contributed by atoms with Crippen LogP contribution in [0.5, 0.6) is 5.75 Å². The maximum absolute atomic E-state index is 12.5. The zero-order chi connectivity index (χ0) is 104. The van der Waals surface area contributed by atoms with Gasteiger partial charge in [-0.25, -0.2) is 59.4 Å². The Hall–Kier alpha value is -18.0. The first-order valence-corrected chi connectivity index (χ1v) is 50.5. The quantitative estimate of drug-likeness (QED) is 0.0103. The number of aromatic amines is 15. The topological polar surface area (TPSA) is 670 Å². The number of hydrogen-bond acceptors (Lipinski definition) is 37. The first-order valence-electron chi connectivity index (χ1n) is 46.4. The molecule has 0 bridgehead atoms. The molecule has 0 radical (unpaired) electrons. The van der Waals surface area contributed by atoms with Gasteiger partial charge in [-0.05, 0) is 248 Å². The Morgan fingerprint density at radius 3 is 1.11 bits per heavy atom. The lowest BCUT2D eigenvalue weighted by Gasteiger charge is -2.11. The van der Waals surface area contributed by atoms with Gasteiger partial charge in [0.05, 0.1) is 80.5 Å². The maximum atomic E-state index is 12.5. The number of aryl methyl sites for hydroxylation is 4. The summed E-state index contributed by atoms with van der Waals surface area (Å²) in [5, 5.41) is 85.9. The van der Waals surface area contributed by atoms with Gasteiger partial charge < -0.3 is 51.0 Å². The summed E-state index contributed by atoms with van der Waals surface area (Å²) in [5.41, 5.74) is 9.71. The highest BCUT2D eigenvalue weighted by atomic mass is 32.2. The molecular formula is C97H95N37O11S5. The van der Waals surface area contributed by atoms with Crippen molar-refractivity contribution in [1.29, 1.82) is 0 Å². The van der Waals surface area contributed by atoms with Crippen LogP contribution in [0.4, 0.5) is 58.2 Å². The molecule has 764 valence electrons. The van der Waals surface area contributed by atoms with Gasteiger partial charge in [0.1, 0.15) is 40.5 Å². The number of H-pyrrole nitrogens is 15. The molecule has 1 aliphatic rings. The predicted octanol–water partition coefficient (Wildman–Crippen LogP) is 15.5. The van der Waals surface area contributed by atoms with Crippen LogP contribution in [-0.4, -0.2) is 223 Å². The van der Waals surface area contributed by atoms with Crippen LogP contribution in [0.2, 0.25) is 0 Å². The molecule has 48 nitrogen and oxygen atoms in total. The highest BCUT2D eigenvalue weighted by Gasteiger charge is 2.27. The van der Waals surface area contributed by atoms with Crippen molar-refractivity contribution in [2.75, 3.05) is 74.6 Å². The lowest BCUT2D eigenvalue weighted by atomic mass is 10.1. The number of unbranched alkanes of at least 4 members (excludes halogenated alkanes) is 1. The van der Waals surface area contributed by atoms with Crippen molar-refractivity contribution in [3.63, 3.8) is 0 Å². The normalized spacial score (nSPS) is 11.6. The molecule has 15 aromatic heterocycles. The van der Waals surface area contributed by atoms with E-state index >= 15 is 0 Å². The van der Waals surface area contributed by atoms with E-state index in [1.807, 2.05) is 138 Å². The van der Waals surface area contributed by atoms with Crippen LogP contribution in [0.25, 0.3) is 65.8 Å². The molecular weight excluding hydrogens is 2020 g/mol. The molecule has 15 heterocycles. The van der Waals surface area contributed by atoms with Crippen LogP contribution in [-0.2, 0) is 9.47 Å². The number of aromatic nitrogens is 30. The number of carbonyl (C=O) groups is 3. The molecule has 22 rings (SSSR count). The third-order valence-electron chi connectivity index (χ3n) is 21.9. The van der Waals surface area contributed by atoms with Crippen LogP contribution in [0.15, 0.2) is 256 Å². The van der Waals surface area contributed by atoms with Gasteiger partial charge in [-0.1, -0.05) is 13.3 Å². The average Bonchev–Trinajstić information content (AvgIpc) is 1.58. The molecule has 21 N–H and O–H groups in total. The van der Waals surface area contributed by atoms with Gasteiger partial charge in [0.15, 0.2) is 66.3 Å². The number of nitrogens with zero attached hydrogens (tertiary/aromatic N) is 16. The zero-order valence-corrected chi connectivity index (χ0v) is 85.3. The van der Waals surface area contributed by atoms with Crippen molar-refractivity contribution < 1.29 is 28.6 Å². The molecule has 6 aromatic carbocycles. The van der Waals surface area contributed by atoms with E-state index in [0.717, 1.165) is 107 Å². The fourth-order valence-electron chi connectivity index (χ4n) is 14.5. The Labute approximate surface area is 868 Å². The zero-order valence-electron chi connectivity index (χ0n) is 81.2. The van der Waals surface area contributed by atoms with E-state index < -0.39 is 11.9 Å². The number of amides is 1. The Balaban J connectivity index is 0.000000123. The second-order valence-electron chi connectivity index (χ2n) is 33.8. The van der Waals surface area contributed by atoms with Crippen molar-refractivity contribution in [3.8, 4) is 17.0 Å². The number of methoxy groups -OCH3 is 1. The molecule has 53 heteroatoms. The number of rotatable bonds is 33. The van der Waals surface area contributed by atoms with Gasteiger partial charge in [0.2, 0.25) is 0 Å². The number of carbonyl (C=O) groups excluding carboxylic acids is 3. The number of ether oxygens (including phenoxy) is 3. The molecule has 150 heavy (non-hydrogen) atoms. The largest absolute Gasteiger partial charge is 0.494 e.